The van der Waals surface area contributed by atoms with Crippen molar-refractivity contribution in [2.24, 2.45) is 0 Å². The van der Waals surface area contributed by atoms with E-state index in [4.69, 9.17) is 11.6 Å². The third kappa shape index (κ3) is 3.05. The maximum absolute atomic E-state index is 6.21. The quantitative estimate of drug-likeness (QED) is 0.638. The molecule has 0 atom stereocenters. The van der Waals surface area contributed by atoms with Gasteiger partial charge in [0.1, 0.15) is 5.82 Å². The number of rotatable bonds is 4. The molecule has 0 amide bonds. The maximum Gasteiger partial charge on any atom is 0.173 e. The van der Waals surface area contributed by atoms with Gasteiger partial charge in [-0.25, -0.2) is 9.97 Å². The minimum absolute atomic E-state index is 0.670. The first-order valence-electron chi connectivity index (χ1n) is 6.63. The number of hydrogen-bond acceptors (Lipinski definition) is 4. The van der Waals surface area contributed by atoms with Crippen LogP contribution < -0.4 is 5.32 Å². The molecule has 0 bridgehead atoms. The van der Waals surface area contributed by atoms with Crippen molar-refractivity contribution in [3.05, 3.63) is 39.1 Å². The number of benzene rings is 1. The van der Waals surface area contributed by atoms with Gasteiger partial charge in [0, 0.05) is 16.4 Å². The number of hydrogen-bond donors (Lipinski definition) is 1. The van der Waals surface area contributed by atoms with Gasteiger partial charge >= 0.3 is 0 Å². The molecule has 3 rings (SSSR count). The van der Waals surface area contributed by atoms with E-state index in [-0.39, 0.29) is 0 Å². The molecule has 0 aliphatic rings. The highest BCUT2D eigenvalue weighted by Crippen LogP contribution is 2.34. The minimum Gasteiger partial charge on any atom is -0.369 e. The molecule has 1 N–H and O–H groups in total. The average molecular weight is 383 g/mol. The number of halogens is 2. The average Bonchev–Trinajstić information content (AvgIpc) is 2.91. The Balaban J connectivity index is 2.19. The van der Waals surface area contributed by atoms with Crippen molar-refractivity contribution in [1.82, 2.24) is 9.97 Å². The standard InChI is InChI=1S/C15H13BrClN3S/c1-2-6-18-14-10-8-9(16)3-4-12(10)19-15(20-14)13-11(17)5-7-21-13/h3-5,7-8H,2,6H2,1H3,(H,18,19,20). The monoisotopic (exact) mass is 381 g/mol. The number of aromatic nitrogens is 2. The first-order valence-corrected chi connectivity index (χ1v) is 8.68. The fraction of sp³-hybridized carbons (Fsp3) is 0.200. The van der Waals surface area contributed by atoms with Crippen molar-refractivity contribution in [2.75, 3.05) is 11.9 Å². The van der Waals surface area contributed by atoms with Gasteiger partial charge < -0.3 is 5.32 Å². The molecule has 108 valence electrons. The third-order valence-electron chi connectivity index (χ3n) is 3.02. The molecule has 0 fully saturated rings. The van der Waals surface area contributed by atoms with Crippen molar-refractivity contribution in [3.8, 4) is 10.7 Å². The SMILES string of the molecule is CCCNc1nc(-c2sccc2Cl)nc2ccc(Br)cc12. The molecular formula is C15H13BrClN3S. The summed E-state index contributed by atoms with van der Waals surface area (Å²) in [7, 11) is 0. The lowest BCUT2D eigenvalue weighted by Gasteiger charge is -2.10. The van der Waals surface area contributed by atoms with E-state index in [0.29, 0.717) is 10.8 Å². The molecule has 0 saturated heterocycles. The van der Waals surface area contributed by atoms with Crippen molar-refractivity contribution >= 4 is 55.6 Å². The van der Waals surface area contributed by atoms with E-state index in [0.717, 1.165) is 39.0 Å². The van der Waals surface area contributed by atoms with Crippen molar-refractivity contribution in [3.63, 3.8) is 0 Å². The lowest BCUT2D eigenvalue weighted by molar-refractivity contribution is 0.970. The van der Waals surface area contributed by atoms with Gasteiger partial charge in [0.25, 0.3) is 0 Å². The van der Waals surface area contributed by atoms with E-state index in [9.17, 15) is 0 Å². The number of anilines is 1. The summed E-state index contributed by atoms with van der Waals surface area (Å²) >= 11 is 11.3. The van der Waals surface area contributed by atoms with Gasteiger partial charge in [0.05, 0.1) is 15.4 Å². The molecule has 3 aromatic rings. The fourth-order valence-corrected chi connectivity index (χ4v) is 3.47. The van der Waals surface area contributed by atoms with E-state index < -0.39 is 0 Å². The van der Waals surface area contributed by atoms with E-state index >= 15 is 0 Å². The predicted molar refractivity (Wildman–Crippen MR) is 94.3 cm³/mol. The van der Waals surface area contributed by atoms with Gasteiger partial charge in [-0.05, 0) is 36.1 Å². The zero-order chi connectivity index (χ0) is 14.8. The lowest BCUT2D eigenvalue weighted by atomic mass is 10.2. The number of thiophene rings is 1. The Morgan fingerprint density at radius 2 is 2.14 bits per heavy atom. The largest absolute Gasteiger partial charge is 0.369 e. The first kappa shape index (κ1) is 14.8. The second kappa shape index (κ2) is 6.30. The molecule has 2 heterocycles. The molecule has 2 aromatic heterocycles. The van der Waals surface area contributed by atoms with Crippen LogP contribution >= 0.6 is 38.9 Å². The summed E-state index contributed by atoms with van der Waals surface area (Å²) in [4.78, 5) is 10.2. The molecule has 0 spiro atoms. The number of nitrogens with one attached hydrogen (secondary N) is 1. The summed E-state index contributed by atoms with van der Waals surface area (Å²) in [5, 5.41) is 7.03. The Bertz CT molecular complexity index is 788. The van der Waals surface area contributed by atoms with Crippen LogP contribution in [0.15, 0.2) is 34.1 Å². The molecule has 0 saturated carbocycles. The summed E-state index contributed by atoms with van der Waals surface area (Å²) in [6.45, 7) is 3.00. The molecule has 0 unspecified atom stereocenters. The molecule has 21 heavy (non-hydrogen) atoms. The van der Waals surface area contributed by atoms with Gasteiger partial charge in [-0.2, -0.15) is 0 Å². The van der Waals surface area contributed by atoms with Gasteiger partial charge in [-0.15, -0.1) is 11.3 Å². The second-order valence-corrected chi connectivity index (χ2v) is 6.82. The Morgan fingerprint density at radius 3 is 2.86 bits per heavy atom. The van der Waals surface area contributed by atoms with Crippen molar-refractivity contribution in [1.29, 1.82) is 0 Å². The van der Waals surface area contributed by atoms with Crippen LogP contribution in [-0.2, 0) is 0 Å². The van der Waals surface area contributed by atoms with Gasteiger partial charge in [-0.3, -0.25) is 0 Å². The lowest BCUT2D eigenvalue weighted by Crippen LogP contribution is -2.04. The molecular weight excluding hydrogens is 370 g/mol. The predicted octanol–water partition coefficient (Wildman–Crippen LogP) is 5.60. The van der Waals surface area contributed by atoms with E-state index in [1.54, 1.807) is 11.3 Å². The molecule has 0 aliphatic heterocycles. The van der Waals surface area contributed by atoms with Crippen LogP contribution in [0.2, 0.25) is 5.02 Å². The first-order chi connectivity index (χ1) is 10.2. The van der Waals surface area contributed by atoms with Crippen LogP contribution in [0.4, 0.5) is 5.82 Å². The normalized spacial score (nSPS) is 11.0. The number of nitrogens with zero attached hydrogens (tertiary/aromatic N) is 2. The summed E-state index contributed by atoms with van der Waals surface area (Å²) < 4.78 is 1.01. The maximum atomic E-state index is 6.21. The highest BCUT2D eigenvalue weighted by molar-refractivity contribution is 9.10. The Hall–Kier alpha value is -1.17. The van der Waals surface area contributed by atoms with Crippen molar-refractivity contribution < 1.29 is 0 Å². The molecule has 3 nitrogen and oxygen atoms in total. The molecule has 6 heteroatoms. The fourth-order valence-electron chi connectivity index (χ4n) is 2.03. The smallest absolute Gasteiger partial charge is 0.173 e. The Kier molecular flexibility index (Phi) is 4.42. The van der Waals surface area contributed by atoms with Crippen LogP contribution in [0, 0.1) is 0 Å². The topological polar surface area (TPSA) is 37.8 Å². The highest BCUT2D eigenvalue weighted by Gasteiger charge is 2.13. The van der Waals surface area contributed by atoms with Crippen LogP contribution in [0.3, 0.4) is 0 Å². The molecule has 0 radical (unpaired) electrons. The zero-order valence-corrected chi connectivity index (χ0v) is 14.5. The third-order valence-corrected chi connectivity index (χ3v) is 4.85. The summed E-state index contributed by atoms with van der Waals surface area (Å²) in [5.41, 5.74) is 0.909. The van der Waals surface area contributed by atoms with Crippen molar-refractivity contribution in [2.45, 2.75) is 13.3 Å². The van der Waals surface area contributed by atoms with E-state index in [1.165, 1.54) is 0 Å². The van der Waals surface area contributed by atoms with Gasteiger partial charge in [0.15, 0.2) is 5.82 Å². The summed E-state index contributed by atoms with van der Waals surface area (Å²) in [6, 6.07) is 7.88. The zero-order valence-electron chi connectivity index (χ0n) is 11.4. The number of fused-ring (bicyclic) bond motifs is 1. The van der Waals surface area contributed by atoms with Crippen LogP contribution in [0.5, 0.6) is 0 Å². The Morgan fingerprint density at radius 1 is 1.29 bits per heavy atom. The second-order valence-electron chi connectivity index (χ2n) is 4.58. The van der Waals surface area contributed by atoms with E-state index in [1.807, 2.05) is 29.6 Å². The summed E-state index contributed by atoms with van der Waals surface area (Å²) in [5.74, 6) is 1.52. The minimum atomic E-state index is 0.670. The van der Waals surface area contributed by atoms with Gasteiger partial charge in [-0.1, -0.05) is 34.5 Å². The van der Waals surface area contributed by atoms with Crippen LogP contribution in [-0.4, -0.2) is 16.5 Å². The Labute approximate surface area is 140 Å². The van der Waals surface area contributed by atoms with Crippen LogP contribution in [0.25, 0.3) is 21.6 Å². The van der Waals surface area contributed by atoms with Crippen LogP contribution in [0.1, 0.15) is 13.3 Å². The molecule has 0 aliphatic carbocycles. The summed E-state index contributed by atoms with van der Waals surface area (Å²) in [6.07, 6.45) is 1.04. The van der Waals surface area contributed by atoms with E-state index in [2.05, 4.69) is 38.1 Å². The highest BCUT2D eigenvalue weighted by atomic mass is 79.9. The molecule has 1 aromatic carbocycles. The van der Waals surface area contributed by atoms with Gasteiger partial charge in [0.2, 0.25) is 0 Å².